The highest BCUT2D eigenvalue weighted by atomic mass is 32.1. The smallest absolute Gasteiger partial charge is 0.338 e. The summed E-state index contributed by atoms with van der Waals surface area (Å²) >= 11 is 2.77. The minimum Gasteiger partial charge on any atom is -0.493 e. The van der Waals surface area contributed by atoms with Crippen molar-refractivity contribution in [2.45, 2.75) is 32.9 Å². The molecule has 0 aliphatic carbocycles. The fourth-order valence-corrected chi connectivity index (χ4v) is 6.26. The molecule has 200 valence electrons. The summed E-state index contributed by atoms with van der Waals surface area (Å²) < 4.78 is 18.9. The second kappa shape index (κ2) is 11.4. The van der Waals surface area contributed by atoms with Crippen molar-refractivity contribution in [2.75, 3.05) is 13.7 Å². The highest BCUT2D eigenvalue weighted by molar-refractivity contribution is 7.10. The average Bonchev–Trinajstić information content (AvgIpc) is 3.57. The number of fused-ring (bicyclic) bond motifs is 1. The summed E-state index contributed by atoms with van der Waals surface area (Å²) in [5, 5.41) is 1.93. The number of aromatic nitrogens is 1. The first kappa shape index (κ1) is 26.6. The van der Waals surface area contributed by atoms with E-state index in [9.17, 15) is 9.59 Å². The zero-order chi connectivity index (χ0) is 27.5. The first-order valence-corrected chi connectivity index (χ1v) is 14.3. The van der Waals surface area contributed by atoms with Crippen LogP contribution in [0.4, 0.5) is 0 Å². The van der Waals surface area contributed by atoms with Crippen molar-refractivity contribution in [3.8, 4) is 11.5 Å². The van der Waals surface area contributed by atoms with Crippen LogP contribution >= 0.6 is 22.7 Å². The number of benzene rings is 2. The van der Waals surface area contributed by atoms with Gasteiger partial charge in [0.05, 0.1) is 35.6 Å². The third-order valence-corrected chi connectivity index (χ3v) is 7.94. The Kier molecular flexibility index (Phi) is 7.81. The molecule has 7 nitrogen and oxygen atoms in total. The number of methoxy groups -OCH3 is 1. The van der Waals surface area contributed by atoms with Gasteiger partial charge in [-0.3, -0.25) is 9.36 Å². The molecule has 0 saturated carbocycles. The Bertz CT molecular complexity index is 1700. The molecule has 2 aromatic heterocycles. The molecule has 39 heavy (non-hydrogen) atoms. The van der Waals surface area contributed by atoms with Gasteiger partial charge in [0.2, 0.25) is 0 Å². The van der Waals surface area contributed by atoms with Crippen LogP contribution < -0.4 is 24.4 Å². The lowest BCUT2D eigenvalue weighted by Gasteiger charge is -2.24. The molecule has 3 heterocycles. The molecule has 2 aromatic carbocycles. The Hall–Kier alpha value is -3.95. The molecule has 0 fully saturated rings. The Morgan fingerprint density at radius 2 is 1.90 bits per heavy atom. The molecule has 4 aromatic rings. The SMILES string of the molecule is CCOC(=O)C1=C(c2ccccc2)N=c2s/c(=C\c3ccc(OC(C)C)c(OC)c3)c(=O)n2[C@H]1c1cccs1. The number of nitrogens with zero attached hydrogens (tertiary/aromatic N) is 2. The lowest BCUT2D eigenvalue weighted by atomic mass is 9.97. The largest absolute Gasteiger partial charge is 0.493 e. The van der Waals surface area contributed by atoms with Crippen LogP contribution in [0, 0.1) is 0 Å². The summed E-state index contributed by atoms with van der Waals surface area (Å²) in [5.41, 5.74) is 2.20. The molecule has 0 unspecified atom stereocenters. The molecule has 1 aliphatic rings. The molecule has 0 spiro atoms. The van der Waals surface area contributed by atoms with E-state index >= 15 is 0 Å². The van der Waals surface area contributed by atoms with Crippen LogP contribution in [0.1, 0.15) is 42.8 Å². The van der Waals surface area contributed by atoms with Gasteiger partial charge in [-0.2, -0.15) is 0 Å². The Balaban J connectivity index is 1.73. The summed E-state index contributed by atoms with van der Waals surface area (Å²) in [7, 11) is 1.59. The lowest BCUT2D eigenvalue weighted by molar-refractivity contribution is -0.138. The minimum atomic E-state index is -0.658. The summed E-state index contributed by atoms with van der Waals surface area (Å²) in [6.45, 7) is 5.88. The predicted octanol–water partition coefficient (Wildman–Crippen LogP) is 4.79. The topological polar surface area (TPSA) is 79.1 Å². The zero-order valence-corrected chi connectivity index (χ0v) is 23.7. The molecule has 1 aliphatic heterocycles. The Morgan fingerprint density at radius 1 is 1.10 bits per heavy atom. The number of esters is 1. The molecule has 0 radical (unpaired) electrons. The van der Waals surface area contributed by atoms with Crippen molar-refractivity contribution in [3.05, 3.63) is 107 Å². The van der Waals surface area contributed by atoms with Crippen LogP contribution in [0.2, 0.25) is 0 Å². The molecule has 0 saturated heterocycles. The van der Waals surface area contributed by atoms with Gasteiger partial charge in [-0.05, 0) is 56.0 Å². The van der Waals surface area contributed by atoms with Gasteiger partial charge < -0.3 is 14.2 Å². The maximum Gasteiger partial charge on any atom is 0.338 e. The van der Waals surface area contributed by atoms with Gasteiger partial charge in [0.15, 0.2) is 16.3 Å². The van der Waals surface area contributed by atoms with Gasteiger partial charge in [0.1, 0.15) is 6.04 Å². The van der Waals surface area contributed by atoms with Crippen LogP contribution in [0.5, 0.6) is 11.5 Å². The molecular weight excluding hydrogens is 532 g/mol. The summed E-state index contributed by atoms with van der Waals surface area (Å²) in [6.07, 6.45) is 1.81. The number of hydrogen-bond acceptors (Lipinski definition) is 8. The Morgan fingerprint density at radius 3 is 2.56 bits per heavy atom. The number of carbonyl (C=O) groups is 1. The lowest BCUT2D eigenvalue weighted by Crippen LogP contribution is -2.39. The van der Waals surface area contributed by atoms with E-state index in [1.165, 1.54) is 22.7 Å². The highest BCUT2D eigenvalue weighted by Crippen LogP contribution is 2.37. The third-order valence-electron chi connectivity index (χ3n) is 6.03. The minimum absolute atomic E-state index is 0.00176. The van der Waals surface area contributed by atoms with Crippen LogP contribution in [0.25, 0.3) is 11.8 Å². The quantitative estimate of drug-likeness (QED) is 0.290. The van der Waals surface area contributed by atoms with Crippen LogP contribution in [0.3, 0.4) is 0 Å². The van der Waals surface area contributed by atoms with E-state index in [-0.39, 0.29) is 18.3 Å². The fourth-order valence-electron chi connectivity index (χ4n) is 4.43. The van der Waals surface area contributed by atoms with E-state index < -0.39 is 12.0 Å². The number of carbonyl (C=O) groups excluding carboxylic acids is 1. The van der Waals surface area contributed by atoms with E-state index in [1.807, 2.05) is 86.0 Å². The predicted molar refractivity (Wildman–Crippen MR) is 154 cm³/mol. The Labute approximate surface area is 234 Å². The maximum atomic E-state index is 13.9. The summed E-state index contributed by atoms with van der Waals surface area (Å²) in [4.78, 5) is 33.6. The maximum absolute atomic E-state index is 13.9. The fraction of sp³-hybridized carbons (Fsp3) is 0.233. The average molecular weight is 561 g/mol. The molecule has 9 heteroatoms. The standard InChI is InChI=1S/C30H28N2O5S2/c1-5-36-29(34)25-26(20-10-7-6-8-11-20)31-30-32(27(25)23-12-9-15-38-23)28(33)24(39-30)17-19-13-14-21(37-18(2)3)22(16-19)35-4/h6-18,27H,5H2,1-4H3/b24-17-/t27-/m0/s1. The number of rotatable bonds is 8. The highest BCUT2D eigenvalue weighted by Gasteiger charge is 2.35. The second-order valence-corrected chi connectivity index (χ2v) is 11.0. The number of hydrogen-bond donors (Lipinski definition) is 0. The van der Waals surface area contributed by atoms with E-state index in [1.54, 1.807) is 18.6 Å². The molecular formula is C30H28N2O5S2. The molecule has 0 N–H and O–H groups in total. The monoisotopic (exact) mass is 560 g/mol. The van der Waals surface area contributed by atoms with Gasteiger partial charge in [0.25, 0.3) is 5.56 Å². The van der Waals surface area contributed by atoms with Gasteiger partial charge in [-0.25, -0.2) is 9.79 Å². The third kappa shape index (κ3) is 5.32. The molecule has 0 amide bonds. The first-order valence-electron chi connectivity index (χ1n) is 12.6. The van der Waals surface area contributed by atoms with E-state index in [0.717, 1.165) is 16.0 Å². The molecule has 5 rings (SSSR count). The molecule has 1 atom stereocenters. The van der Waals surface area contributed by atoms with Crippen molar-refractivity contribution in [3.63, 3.8) is 0 Å². The number of thiazole rings is 1. The molecule has 0 bridgehead atoms. The van der Waals surface area contributed by atoms with Crippen molar-refractivity contribution in [1.82, 2.24) is 4.57 Å². The van der Waals surface area contributed by atoms with Gasteiger partial charge in [-0.1, -0.05) is 53.8 Å². The van der Waals surface area contributed by atoms with Crippen LogP contribution in [-0.2, 0) is 9.53 Å². The number of ether oxygens (including phenoxy) is 3. The van der Waals surface area contributed by atoms with Gasteiger partial charge in [-0.15, -0.1) is 11.3 Å². The number of thiophene rings is 1. The van der Waals surface area contributed by atoms with Crippen molar-refractivity contribution in [2.24, 2.45) is 4.99 Å². The van der Waals surface area contributed by atoms with Gasteiger partial charge in [0, 0.05) is 10.4 Å². The summed E-state index contributed by atoms with van der Waals surface area (Å²) in [5.74, 6) is 0.728. The summed E-state index contributed by atoms with van der Waals surface area (Å²) in [6, 6.07) is 18.3. The normalized spacial score (nSPS) is 15.2. The van der Waals surface area contributed by atoms with Crippen molar-refractivity contribution < 1.29 is 19.0 Å². The van der Waals surface area contributed by atoms with Crippen LogP contribution in [0.15, 0.2) is 81.4 Å². The van der Waals surface area contributed by atoms with Crippen molar-refractivity contribution in [1.29, 1.82) is 0 Å². The van der Waals surface area contributed by atoms with E-state index in [4.69, 9.17) is 19.2 Å². The van der Waals surface area contributed by atoms with E-state index in [2.05, 4.69) is 0 Å². The second-order valence-electron chi connectivity index (χ2n) is 9.02. The van der Waals surface area contributed by atoms with Gasteiger partial charge >= 0.3 is 5.97 Å². The zero-order valence-electron chi connectivity index (χ0n) is 22.0. The first-order chi connectivity index (χ1) is 18.9. The van der Waals surface area contributed by atoms with E-state index in [0.29, 0.717) is 32.1 Å². The van der Waals surface area contributed by atoms with Crippen LogP contribution in [-0.4, -0.2) is 30.4 Å². The van der Waals surface area contributed by atoms with Crippen molar-refractivity contribution >= 4 is 40.4 Å².